The number of carbonyl (C=O) groups excluding carboxylic acids is 2. The summed E-state index contributed by atoms with van der Waals surface area (Å²) in [5.74, 6) is 0.902. The van der Waals surface area contributed by atoms with E-state index in [4.69, 9.17) is 9.15 Å². The first-order valence-corrected chi connectivity index (χ1v) is 11.3. The van der Waals surface area contributed by atoms with Crippen LogP contribution < -0.4 is 5.32 Å². The van der Waals surface area contributed by atoms with Gasteiger partial charge in [0.25, 0.3) is 0 Å². The van der Waals surface area contributed by atoms with Crippen molar-refractivity contribution < 1.29 is 18.7 Å². The Labute approximate surface area is 190 Å². The lowest BCUT2D eigenvalue weighted by molar-refractivity contribution is -0.115. The summed E-state index contributed by atoms with van der Waals surface area (Å²) in [4.78, 5) is 36.6. The third-order valence-corrected chi connectivity index (χ3v) is 5.87. The van der Waals surface area contributed by atoms with Crippen LogP contribution in [0.3, 0.4) is 0 Å². The van der Waals surface area contributed by atoms with Crippen molar-refractivity contribution in [3.05, 3.63) is 52.4 Å². The fourth-order valence-electron chi connectivity index (χ4n) is 3.34. The highest BCUT2D eigenvalue weighted by Crippen LogP contribution is 2.29. The zero-order chi connectivity index (χ0) is 22.9. The van der Waals surface area contributed by atoms with Crippen molar-refractivity contribution in [2.24, 2.45) is 0 Å². The highest BCUT2D eigenvalue weighted by Gasteiger charge is 2.28. The topological polar surface area (TPSA) is 97.6 Å². The van der Waals surface area contributed by atoms with Gasteiger partial charge in [-0.15, -0.1) is 0 Å². The van der Waals surface area contributed by atoms with Crippen LogP contribution in [0.25, 0.3) is 11.5 Å². The number of aryl methyl sites for hydroxylation is 1. The third-order valence-electron chi connectivity index (χ3n) is 4.87. The van der Waals surface area contributed by atoms with Gasteiger partial charge in [0, 0.05) is 23.4 Å². The highest BCUT2D eigenvalue weighted by molar-refractivity contribution is 7.15. The van der Waals surface area contributed by atoms with Gasteiger partial charge in [-0.2, -0.15) is 0 Å². The number of thiazole rings is 1. The number of hydrogen-bond donors (Lipinski definition) is 1. The van der Waals surface area contributed by atoms with Crippen LogP contribution in [-0.2, 0) is 28.9 Å². The molecule has 32 heavy (non-hydrogen) atoms. The van der Waals surface area contributed by atoms with E-state index in [2.05, 4.69) is 15.3 Å². The van der Waals surface area contributed by atoms with Crippen LogP contribution in [-0.4, -0.2) is 39.0 Å². The molecule has 1 N–H and O–H groups in total. The monoisotopic (exact) mass is 454 g/mol. The first-order chi connectivity index (χ1) is 15.2. The number of nitrogens with zero attached hydrogens (tertiary/aromatic N) is 3. The lowest BCUT2D eigenvalue weighted by Crippen LogP contribution is -2.39. The molecule has 0 saturated carbocycles. The quantitative estimate of drug-likeness (QED) is 0.620. The minimum atomic E-state index is -0.538. The van der Waals surface area contributed by atoms with Gasteiger partial charge in [-0.3, -0.25) is 4.79 Å². The van der Waals surface area contributed by atoms with Gasteiger partial charge in [0.1, 0.15) is 11.4 Å². The standard InChI is InChI=1S/C23H26N4O4S/c1-14-17(24-20(30-14)15-8-6-5-7-9-15)12-19(28)26-21-25-16-10-11-27(13-18(16)32-21)22(29)31-23(2,3)4/h5-9H,10-13H2,1-4H3,(H,25,26,28). The SMILES string of the molecule is Cc1oc(-c2ccccc2)nc1CC(=O)Nc1nc2c(s1)CN(C(=O)OC(C)(C)C)CC2. The number of oxazole rings is 1. The molecule has 0 saturated heterocycles. The van der Waals surface area contributed by atoms with E-state index in [1.807, 2.05) is 51.1 Å². The van der Waals surface area contributed by atoms with Gasteiger partial charge in [0.15, 0.2) is 5.13 Å². The van der Waals surface area contributed by atoms with E-state index in [0.29, 0.717) is 42.0 Å². The van der Waals surface area contributed by atoms with E-state index in [1.54, 1.807) is 11.8 Å². The second-order valence-corrected chi connectivity index (χ2v) is 9.74. The first kappa shape index (κ1) is 22.0. The van der Waals surface area contributed by atoms with Crippen molar-refractivity contribution in [2.45, 2.75) is 52.7 Å². The number of ether oxygens (including phenoxy) is 1. The number of anilines is 1. The smallest absolute Gasteiger partial charge is 0.410 e. The second-order valence-electron chi connectivity index (χ2n) is 8.65. The summed E-state index contributed by atoms with van der Waals surface area (Å²) in [5, 5.41) is 3.38. The minimum absolute atomic E-state index is 0.0937. The summed E-state index contributed by atoms with van der Waals surface area (Å²) in [7, 11) is 0. The first-order valence-electron chi connectivity index (χ1n) is 10.5. The lowest BCUT2D eigenvalue weighted by atomic mass is 10.2. The molecule has 3 heterocycles. The maximum absolute atomic E-state index is 12.6. The predicted molar refractivity (Wildman–Crippen MR) is 121 cm³/mol. The molecule has 0 spiro atoms. The molecule has 2 amide bonds. The van der Waals surface area contributed by atoms with Crippen LogP contribution in [0.15, 0.2) is 34.7 Å². The molecular formula is C23H26N4O4S. The predicted octanol–water partition coefficient (Wildman–Crippen LogP) is 4.58. The number of rotatable bonds is 4. The van der Waals surface area contributed by atoms with E-state index in [9.17, 15) is 9.59 Å². The zero-order valence-corrected chi connectivity index (χ0v) is 19.4. The Bertz CT molecular complexity index is 1130. The Morgan fingerprint density at radius 2 is 1.97 bits per heavy atom. The molecule has 9 heteroatoms. The number of nitrogens with one attached hydrogen (secondary N) is 1. The molecule has 168 valence electrons. The van der Waals surface area contributed by atoms with Crippen LogP contribution in [0.2, 0.25) is 0 Å². The number of aromatic nitrogens is 2. The summed E-state index contributed by atoms with van der Waals surface area (Å²) in [5.41, 5.74) is 1.83. The molecule has 4 rings (SSSR count). The van der Waals surface area contributed by atoms with Crippen LogP contribution >= 0.6 is 11.3 Å². The summed E-state index contributed by atoms with van der Waals surface area (Å²) < 4.78 is 11.2. The highest BCUT2D eigenvalue weighted by atomic mass is 32.1. The maximum Gasteiger partial charge on any atom is 0.410 e. The summed E-state index contributed by atoms with van der Waals surface area (Å²) in [6.07, 6.45) is 0.387. The molecule has 8 nitrogen and oxygen atoms in total. The fraction of sp³-hybridized carbons (Fsp3) is 0.391. The summed E-state index contributed by atoms with van der Waals surface area (Å²) >= 11 is 1.38. The Kier molecular flexibility index (Phi) is 6.01. The van der Waals surface area contributed by atoms with E-state index in [0.717, 1.165) is 16.1 Å². The molecule has 1 aromatic carbocycles. The van der Waals surface area contributed by atoms with Crippen molar-refractivity contribution in [2.75, 3.05) is 11.9 Å². The van der Waals surface area contributed by atoms with Crippen LogP contribution in [0.1, 0.15) is 42.8 Å². The summed E-state index contributed by atoms with van der Waals surface area (Å²) in [6, 6.07) is 9.57. The zero-order valence-electron chi connectivity index (χ0n) is 18.6. The molecule has 0 bridgehead atoms. The summed E-state index contributed by atoms with van der Waals surface area (Å²) in [6.45, 7) is 8.31. The van der Waals surface area contributed by atoms with E-state index in [1.165, 1.54) is 11.3 Å². The van der Waals surface area contributed by atoms with Gasteiger partial charge in [-0.25, -0.2) is 14.8 Å². The third kappa shape index (κ3) is 5.16. The van der Waals surface area contributed by atoms with Gasteiger partial charge >= 0.3 is 6.09 Å². The van der Waals surface area contributed by atoms with Gasteiger partial charge < -0.3 is 19.4 Å². The largest absolute Gasteiger partial charge is 0.444 e. The van der Waals surface area contributed by atoms with Crippen molar-refractivity contribution in [3.8, 4) is 11.5 Å². The molecule has 0 unspecified atom stereocenters. The molecule has 0 radical (unpaired) electrons. The Balaban J connectivity index is 1.39. The van der Waals surface area contributed by atoms with Gasteiger partial charge in [0.2, 0.25) is 11.8 Å². The van der Waals surface area contributed by atoms with E-state index >= 15 is 0 Å². The average molecular weight is 455 g/mol. The molecule has 3 aromatic rings. The van der Waals surface area contributed by atoms with Gasteiger partial charge in [0.05, 0.1) is 24.4 Å². The van der Waals surface area contributed by atoms with E-state index in [-0.39, 0.29) is 18.4 Å². The van der Waals surface area contributed by atoms with Crippen molar-refractivity contribution >= 4 is 28.5 Å². The molecule has 2 aromatic heterocycles. The lowest BCUT2D eigenvalue weighted by Gasteiger charge is -2.29. The molecule has 1 aliphatic heterocycles. The van der Waals surface area contributed by atoms with Crippen molar-refractivity contribution in [1.82, 2.24) is 14.9 Å². The number of fused-ring (bicyclic) bond motifs is 1. The Hall–Kier alpha value is -3.20. The van der Waals surface area contributed by atoms with Crippen molar-refractivity contribution in [1.29, 1.82) is 0 Å². The van der Waals surface area contributed by atoms with Gasteiger partial charge in [-0.05, 0) is 39.8 Å². The number of amides is 2. The molecular weight excluding hydrogens is 428 g/mol. The van der Waals surface area contributed by atoms with Crippen molar-refractivity contribution in [3.63, 3.8) is 0 Å². The molecule has 0 atom stereocenters. The Morgan fingerprint density at radius 3 is 2.69 bits per heavy atom. The Morgan fingerprint density at radius 1 is 1.22 bits per heavy atom. The number of benzene rings is 1. The second kappa shape index (κ2) is 8.74. The number of carbonyl (C=O) groups is 2. The van der Waals surface area contributed by atoms with E-state index < -0.39 is 5.60 Å². The van der Waals surface area contributed by atoms with Crippen LogP contribution in [0.4, 0.5) is 9.93 Å². The fourth-order valence-corrected chi connectivity index (χ4v) is 4.38. The minimum Gasteiger partial charge on any atom is -0.444 e. The average Bonchev–Trinajstić information content (AvgIpc) is 3.29. The maximum atomic E-state index is 12.6. The normalized spacial score (nSPS) is 13.6. The molecule has 1 aliphatic rings. The van der Waals surface area contributed by atoms with Crippen LogP contribution in [0.5, 0.6) is 0 Å². The number of hydrogen-bond acceptors (Lipinski definition) is 7. The molecule has 0 aliphatic carbocycles. The van der Waals surface area contributed by atoms with Crippen LogP contribution in [0, 0.1) is 6.92 Å². The molecule has 0 fully saturated rings. The van der Waals surface area contributed by atoms with Gasteiger partial charge in [-0.1, -0.05) is 29.5 Å².